The van der Waals surface area contributed by atoms with Crippen molar-refractivity contribution in [1.82, 2.24) is 0 Å². The molecule has 0 heterocycles. The Bertz CT molecular complexity index is 159. The summed E-state index contributed by atoms with van der Waals surface area (Å²) in [6.45, 7) is 0. The van der Waals surface area contributed by atoms with Crippen molar-refractivity contribution in [3.63, 3.8) is 0 Å². The van der Waals surface area contributed by atoms with Gasteiger partial charge in [-0.3, -0.25) is 4.79 Å². The summed E-state index contributed by atoms with van der Waals surface area (Å²) in [7, 11) is 0. The molecule has 34 valence electrons. The number of carbonyl (C=O) groups excluding carboxylic acids is 1. The number of aldehydes is 1. The Kier molecular flexibility index (Phi) is 2.27. The molecule has 0 amide bonds. The topological polar surface area (TPSA) is 63.2 Å². The van der Waals surface area contributed by atoms with Crippen LogP contribution in [0.25, 0.3) is 5.41 Å². The molecular formula is C4HN2O-. The van der Waals surface area contributed by atoms with E-state index in [-0.39, 0.29) is 11.9 Å². The van der Waals surface area contributed by atoms with Gasteiger partial charge in [0.2, 0.25) is 0 Å². The van der Waals surface area contributed by atoms with E-state index in [4.69, 9.17) is 10.7 Å². The Labute approximate surface area is 40.4 Å². The van der Waals surface area contributed by atoms with E-state index in [2.05, 4.69) is 0 Å². The first kappa shape index (κ1) is 5.61. The first-order valence-electron chi connectivity index (χ1n) is 1.47. The van der Waals surface area contributed by atoms with Gasteiger partial charge in [0, 0.05) is 0 Å². The lowest BCUT2D eigenvalue weighted by molar-refractivity contribution is -0.104. The van der Waals surface area contributed by atoms with Gasteiger partial charge >= 0.3 is 0 Å². The van der Waals surface area contributed by atoms with Gasteiger partial charge in [0.1, 0.15) is 11.6 Å². The predicted octanol–water partition coefficient (Wildman–Crippen LogP) is -0.126. The van der Waals surface area contributed by atoms with E-state index in [0.717, 1.165) is 0 Å². The molecule has 3 nitrogen and oxygen atoms in total. The number of carbonyl (C=O) groups is 1. The zero-order valence-electron chi connectivity index (χ0n) is 3.38. The normalized spacial score (nSPS) is 5.57. The Morgan fingerprint density at radius 1 is 1.86 bits per heavy atom. The number of allylic oxidation sites excluding steroid dienone is 1. The van der Waals surface area contributed by atoms with E-state index in [0.29, 0.717) is 0 Å². The first-order valence-corrected chi connectivity index (χ1v) is 1.47. The highest BCUT2D eigenvalue weighted by Crippen LogP contribution is 1.71. The molecule has 0 aromatic rings. The van der Waals surface area contributed by atoms with E-state index >= 15 is 0 Å². The standard InChI is InChI=1S/C4HN2O/c5-1-4(2-6)3-7/h3H/q-1. The minimum absolute atomic E-state index is 0.222. The van der Waals surface area contributed by atoms with Gasteiger partial charge in [0.05, 0.1) is 0 Å². The largest absolute Gasteiger partial charge is 0.762 e. The van der Waals surface area contributed by atoms with E-state index < -0.39 is 0 Å². The maximum absolute atomic E-state index is 9.49. The number of nitrogens with zero attached hydrogens (tertiary/aromatic N) is 2. The Hall–Kier alpha value is -1.39. The maximum atomic E-state index is 9.49. The molecule has 0 aromatic carbocycles. The second-order valence-corrected chi connectivity index (χ2v) is 0.755. The van der Waals surface area contributed by atoms with Crippen molar-refractivity contribution in [3.05, 3.63) is 11.0 Å². The quantitative estimate of drug-likeness (QED) is 0.196. The molecule has 0 unspecified atom stereocenters. The average Bonchev–Trinajstić information content (AvgIpc) is 1.72. The average molecular weight is 93.1 g/mol. The third kappa shape index (κ3) is 1.48. The van der Waals surface area contributed by atoms with Crippen LogP contribution < -0.4 is 0 Å². The molecule has 0 aliphatic carbocycles. The van der Waals surface area contributed by atoms with Crippen LogP contribution in [-0.4, -0.2) is 12.2 Å². The molecule has 0 rings (SSSR count). The highest BCUT2D eigenvalue weighted by molar-refractivity contribution is 5.92. The van der Waals surface area contributed by atoms with Crippen molar-refractivity contribution in [1.29, 1.82) is 5.26 Å². The zero-order valence-corrected chi connectivity index (χ0v) is 3.38. The zero-order chi connectivity index (χ0) is 5.70. The van der Waals surface area contributed by atoms with Gasteiger partial charge in [-0.1, -0.05) is 0 Å². The minimum Gasteiger partial charge on any atom is -0.762 e. The lowest BCUT2D eigenvalue weighted by atomic mass is 10.4. The van der Waals surface area contributed by atoms with Gasteiger partial charge in [-0.25, -0.2) is 5.87 Å². The fourth-order valence-electron chi connectivity index (χ4n) is 0.0777. The number of hydrogen-bond donors (Lipinski definition) is 0. The number of rotatable bonds is 1. The van der Waals surface area contributed by atoms with E-state index in [1.807, 2.05) is 0 Å². The number of hydrogen-bond acceptors (Lipinski definition) is 2. The molecule has 0 saturated heterocycles. The second-order valence-electron chi connectivity index (χ2n) is 0.755. The van der Waals surface area contributed by atoms with Crippen LogP contribution in [-0.2, 0) is 4.79 Å². The molecule has 0 N–H and O–H groups in total. The van der Waals surface area contributed by atoms with Crippen molar-refractivity contribution in [2.24, 2.45) is 0 Å². The molecule has 0 aliphatic rings. The third-order valence-corrected chi connectivity index (χ3v) is 0.359. The summed E-state index contributed by atoms with van der Waals surface area (Å²) in [6.07, 6.45) is 0.222. The lowest BCUT2D eigenvalue weighted by Gasteiger charge is -1.71. The van der Waals surface area contributed by atoms with Gasteiger partial charge in [-0.15, -0.1) is 0 Å². The van der Waals surface area contributed by atoms with E-state index in [1.165, 1.54) is 11.9 Å². The number of nitriles is 1. The molecule has 0 aromatic heterocycles. The van der Waals surface area contributed by atoms with Gasteiger partial charge in [0.15, 0.2) is 6.29 Å². The molecule has 0 aliphatic heterocycles. The summed E-state index contributed by atoms with van der Waals surface area (Å²) < 4.78 is 0. The molecule has 0 atom stereocenters. The van der Waals surface area contributed by atoms with Crippen LogP contribution >= 0.6 is 0 Å². The van der Waals surface area contributed by atoms with Crippen LogP contribution in [0.15, 0.2) is 5.57 Å². The van der Waals surface area contributed by atoms with Crippen LogP contribution in [0.5, 0.6) is 0 Å². The SMILES string of the molecule is N#CC(=C=[N-])C=O. The molecule has 0 saturated carbocycles. The summed E-state index contributed by atoms with van der Waals surface area (Å²) in [6, 6.07) is 1.39. The summed E-state index contributed by atoms with van der Waals surface area (Å²) >= 11 is 0. The maximum Gasteiger partial charge on any atom is 0.166 e. The summed E-state index contributed by atoms with van der Waals surface area (Å²) in [5.74, 6) is 1.39. The molecule has 7 heavy (non-hydrogen) atoms. The van der Waals surface area contributed by atoms with Crippen molar-refractivity contribution >= 4 is 12.2 Å². The van der Waals surface area contributed by atoms with Gasteiger partial charge < -0.3 is 5.41 Å². The highest BCUT2D eigenvalue weighted by Gasteiger charge is 1.78. The minimum atomic E-state index is -0.389. The lowest BCUT2D eigenvalue weighted by Crippen LogP contribution is -1.75. The Morgan fingerprint density at radius 3 is 2.43 bits per heavy atom. The summed E-state index contributed by atoms with van der Waals surface area (Å²) in [4.78, 5) is 9.49. The van der Waals surface area contributed by atoms with Crippen LogP contribution in [0.1, 0.15) is 0 Å². The van der Waals surface area contributed by atoms with Gasteiger partial charge in [-0.05, 0) is 0 Å². The predicted molar refractivity (Wildman–Crippen MR) is 23.6 cm³/mol. The Balaban J connectivity index is 4.24. The first-order chi connectivity index (χ1) is 3.35. The van der Waals surface area contributed by atoms with E-state index in [1.54, 1.807) is 0 Å². The molecule has 0 radical (unpaired) electrons. The summed E-state index contributed by atoms with van der Waals surface area (Å²) in [5.41, 5.74) is -0.389. The van der Waals surface area contributed by atoms with Crippen molar-refractivity contribution in [2.45, 2.75) is 0 Å². The fraction of sp³-hybridized carbons (Fsp3) is 0. The molecule has 3 heteroatoms. The fourth-order valence-corrected chi connectivity index (χ4v) is 0.0777. The smallest absolute Gasteiger partial charge is 0.166 e. The molecular weight excluding hydrogens is 92.1 g/mol. The van der Waals surface area contributed by atoms with Crippen LogP contribution in [0.2, 0.25) is 0 Å². The molecule has 0 spiro atoms. The summed E-state index contributed by atoms with van der Waals surface area (Å²) in [5, 5.41) is 15.6. The van der Waals surface area contributed by atoms with Crippen molar-refractivity contribution in [3.8, 4) is 6.07 Å². The van der Waals surface area contributed by atoms with Crippen LogP contribution in [0, 0.1) is 11.3 Å². The highest BCUT2D eigenvalue weighted by atomic mass is 16.1. The van der Waals surface area contributed by atoms with E-state index in [9.17, 15) is 4.79 Å². The van der Waals surface area contributed by atoms with Gasteiger partial charge in [0.25, 0.3) is 0 Å². The molecule has 0 bridgehead atoms. The van der Waals surface area contributed by atoms with Gasteiger partial charge in [-0.2, -0.15) is 5.26 Å². The monoisotopic (exact) mass is 93.0 g/mol. The molecule has 0 fully saturated rings. The van der Waals surface area contributed by atoms with Crippen molar-refractivity contribution < 1.29 is 4.79 Å². The second kappa shape index (κ2) is 2.83. The van der Waals surface area contributed by atoms with Crippen LogP contribution in [0.4, 0.5) is 0 Å². The van der Waals surface area contributed by atoms with Crippen molar-refractivity contribution in [2.75, 3.05) is 0 Å². The van der Waals surface area contributed by atoms with Crippen LogP contribution in [0.3, 0.4) is 0 Å². The third-order valence-electron chi connectivity index (χ3n) is 0.359. The Morgan fingerprint density at radius 2 is 2.43 bits per heavy atom.